The first-order valence-corrected chi connectivity index (χ1v) is 13.0. The van der Waals surface area contributed by atoms with E-state index < -0.39 is 5.91 Å². The molecule has 6 rings (SSSR count). The van der Waals surface area contributed by atoms with Crippen LogP contribution >= 0.6 is 0 Å². The van der Waals surface area contributed by atoms with Gasteiger partial charge >= 0.3 is 0 Å². The van der Waals surface area contributed by atoms with Gasteiger partial charge in [-0.25, -0.2) is 4.98 Å². The van der Waals surface area contributed by atoms with Crippen molar-refractivity contribution in [2.75, 3.05) is 12.4 Å². The molecular formula is C31H26N4O5. The topological polar surface area (TPSA) is 116 Å². The number of aromatic nitrogens is 3. The van der Waals surface area contributed by atoms with Gasteiger partial charge in [0.15, 0.2) is 11.5 Å². The van der Waals surface area contributed by atoms with Crippen molar-refractivity contribution in [1.82, 2.24) is 14.5 Å². The number of anilines is 1. The van der Waals surface area contributed by atoms with Crippen LogP contribution in [0, 0.1) is 0 Å². The molecule has 0 saturated carbocycles. The van der Waals surface area contributed by atoms with Crippen molar-refractivity contribution in [3.8, 4) is 28.7 Å². The van der Waals surface area contributed by atoms with Crippen molar-refractivity contribution in [3.63, 3.8) is 0 Å². The molecule has 0 radical (unpaired) electrons. The maximum absolute atomic E-state index is 13.5. The Kier molecular flexibility index (Phi) is 6.61. The number of methoxy groups -OCH3 is 1. The molecule has 3 aromatic heterocycles. The Morgan fingerprint density at radius 2 is 1.80 bits per heavy atom. The summed E-state index contributed by atoms with van der Waals surface area (Å²) in [6, 6.07) is 19.3. The summed E-state index contributed by atoms with van der Waals surface area (Å²) >= 11 is 0. The second-order valence-electron chi connectivity index (χ2n) is 9.50. The number of nitrogens with zero attached hydrogens (tertiary/aromatic N) is 3. The van der Waals surface area contributed by atoms with Gasteiger partial charge in [0.05, 0.1) is 18.8 Å². The predicted octanol–water partition coefficient (Wildman–Crippen LogP) is 5.42. The van der Waals surface area contributed by atoms with Crippen molar-refractivity contribution in [1.29, 1.82) is 0 Å². The van der Waals surface area contributed by atoms with E-state index in [1.54, 1.807) is 41.1 Å². The number of carbonyl (C=O) groups excluding carboxylic acids is 1. The lowest BCUT2D eigenvalue weighted by Gasteiger charge is -2.22. The number of rotatable bonds is 6. The molecule has 200 valence electrons. The van der Waals surface area contributed by atoms with E-state index >= 15 is 0 Å². The van der Waals surface area contributed by atoms with Gasteiger partial charge in [0.1, 0.15) is 22.9 Å². The number of ether oxygens (including phenoxy) is 2. The molecule has 0 aliphatic heterocycles. The zero-order valence-electron chi connectivity index (χ0n) is 21.8. The Morgan fingerprint density at radius 1 is 0.975 bits per heavy atom. The lowest BCUT2D eigenvalue weighted by molar-refractivity contribution is 0.102. The lowest BCUT2D eigenvalue weighted by Crippen LogP contribution is -2.32. The number of benzene rings is 2. The highest BCUT2D eigenvalue weighted by atomic mass is 16.5. The van der Waals surface area contributed by atoms with Crippen LogP contribution in [0.15, 0.2) is 83.9 Å². The molecule has 9 heteroatoms. The number of carbonyl (C=O) groups is 1. The maximum Gasteiger partial charge on any atom is 0.268 e. The molecule has 1 aliphatic rings. The summed E-state index contributed by atoms with van der Waals surface area (Å²) in [5, 5.41) is 13.5. The number of phenols is 1. The highest BCUT2D eigenvalue weighted by Crippen LogP contribution is 2.36. The molecule has 1 aliphatic carbocycles. The second kappa shape index (κ2) is 10.5. The number of aryl methyl sites for hydroxylation is 1. The summed E-state index contributed by atoms with van der Waals surface area (Å²) in [6.45, 7) is 0. The van der Waals surface area contributed by atoms with Gasteiger partial charge in [0.2, 0.25) is 0 Å². The van der Waals surface area contributed by atoms with Crippen LogP contribution in [0.5, 0.6) is 23.0 Å². The first-order valence-electron chi connectivity index (χ1n) is 13.0. The number of hydrogen-bond donors (Lipinski definition) is 2. The monoisotopic (exact) mass is 534 g/mol. The molecule has 1 amide bonds. The van der Waals surface area contributed by atoms with Crippen LogP contribution in [0.4, 0.5) is 5.82 Å². The number of para-hydroxylation sites is 1. The third kappa shape index (κ3) is 4.73. The minimum atomic E-state index is -0.517. The third-order valence-corrected chi connectivity index (χ3v) is 6.97. The van der Waals surface area contributed by atoms with Crippen LogP contribution in [0.3, 0.4) is 0 Å². The van der Waals surface area contributed by atoms with Gasteiger partial charge in [-0.3, -0.25) is 19.1 Å². The van der Waals surface area contributed by atoms with Gasteiger partial charge in [0.25, 0.3) is 11.5 Å². The van der Waals surface area contributed by atoms with Crippen molar-refractivity contribution >= 4 is 22.6 Å². The SMILES string of the molecule is COc1cc2c(Oc3ccc(NC(=O)c4cc5c(n(-c6ccccc6)c4=O)CCCC5)nc3)ccnc2cc1O. The number of amides is 1. The molecule has 2 aromatic carbocycles. The minimum Gasteiger partial charge on any atom is -0.504 e. The molecule has 40 heavy (non-hydrogen) atoms. The normalized spacial score (nSPS) is 12.5. The first-order chi connectivity index (χ1) is 19.5. The number of phenolic OH excluding ortho intramolecular Hbond substituents is 1. The summed E-state index contributed by atoms with van der Waals surface area (Å²) in [6.07, 6.45) is 6.70. The summed E-state index contributed by atoms with van der Waals surface area (Å²) in [4.78, 5) is 35.4. The van der Waals surface area contributed by atoms with Crippen molar-refractivity contribution in [3.05, 3.63) is 106 Å². The zero-order valence-corrected chi connectivity index (χ0v) is 21.8. The first kappa shape index (κ1) is 25.1. The summed E-state index contributed by atoms with van der Waals surface area (Å²) in [5.74, 6) is 0.976. The van der Waals surface area contributed by atoms with Crippen molar-refractivity contribution < 1.29 is 19.4 Å². The van der Waals surface area contributed by atoms with E-state index in [2.05, 4.69) is 15.3 Å². The predicted molar refractivity (Wildman–Crippen MR) is 151 cm³/mol. The standard InChI is InChI=1S/C31H26N4O5/c1-39-28-16-22-24(17-26(28)36)32-14-13-27(22)40-21-11-12-29(33-18-21)34-30(37)23-15-19-7-5-6-10-25(19)35(31(23)38)20-8-3-2-4-9-20/h2-4,8-9,11-18,36H,5-7,10H2,1H3,(H,33,34,37). The average molecular weight is 535 g/mol. The fourth-order valence-electron chi connectivity index (χ4n) is 5.03. The molecule has 0 spiro atoms. The Morgan fingerprint density at radius 3 is 2.58 bits per heavy atom. The summed E-state index contributed by atoms with van der Waals surface area (Å²) < 4.78 is 12.9. The van der Waals surface area contributed by atoms with Gasteiger partial charge in [-0.05, 0) is 73.7 Å². The van der Waals surface area contributed by atoms with Crippen LogP contribution in [-0.2, 0) is 12.8 Å². The fraction of sp³-hybridized carbons (Fsp3) is 0.161. The van der Waals surface area contributed by atoms with Crippen LogP contribution in [0.2, 0.25) is 0 Å². The number of nitrogens with one attached hydrogen (secondary N) is 1. The second-order valence-corrected chi connectivity index (χ2v) is 9.50. The van der Waals surface area contributed by atoms with Crippen molar-refractivity contribution in [2.24, 2.45) is 0 Å². The van der Waals surface area contributed by atoms with Crippen LogP contribution < -0.4 is 20.3 Å². The smallest absolute Gasteiger partial charge is 0.268 e. The van der Waals surface area contributed by atoms with E-state index in [-0.39, 0.29) is 22.7 Å². The Hall–Kier alpha value is -5.18. The molecule has 3 heterocycles. The largest absolute Gasteiger partial charge is 0.504 e. The fourth-order valence-corrected chi connectivity index (χ4v) is 5.03. The molecule has 0 atom stereocenters. The van der Waals surface area contributed by atoms with Crippen LogP contribution in [0.25, 0.3) is 16.6 Å². The molecule has 0 saturated heterocycles. The summed E-state index contributed by atoms with van der Waals surface area (Å²) in [7, 11) is 1.47. The lowest BCUT2D eigenvalue weighted by atomic mass is 9.94. The van der Waals surface area contributed by atoms with Gasteiger partial charge in [-0.15, -0.1) is 0 Å². The van der Waals surface area contributed by atoms with Gasteiger partial charge in [0, 0.05) is 29.0 Å². The molecule has 5 aromatic rings. The van der Waals surface area contributed by atoms with E-state index in [0.717, 1.165) is 42.6 Å². The van der Waals surface area contributed by atoms with Crippen molar-refractivity contribution in [2.45, 2.75) is 25.7 Å². The maximum atomic E-state index is 13.5. The van der Waals surface area contributed by atoms with E-state index in [1.165, 1.54) is 19.4 Å². The van der Waals surface area contributed by atoms with Gasteiger partial charge in [-0.2, -0.15) is 0 Å². The quantitative estimate of drug-likeness (QED) is 0.299. The zero-order chi connectivity index (χ0) is 27.6. The summed E-state index contributed by atoms with van der Waals surface area (Å²) in [5.41, 5.74) is 3.00. The molecule has 2 N–H and O–H groups in total. The average Bonchev–Trinajstić information content (AvgIpc) is 2.98. The number of aromatic hydroxyl groups is 1. The molecule has 0 bridgehead atoms. The Bertz CT molecular complexity index is 1780. The van der Waals surface area contributed by atoms with E-state index in [1.807, 2.05) is 30.3 Å². The molecule has 9 nitrogen and oxygen atoms in total. The molecular weight excluding hydrogens is 508 g/mol. The minimum absolute atomic E-state index is 0.0177. The van der Waals surface area contributed by atoms with Gasteiger partial charge in [-0.1, -0.05) is 18.2 Å². The van der Waals surface area contributed by atoms with E-state index in [4.69, 9.17) is 9.47 Å². The van der Waals surface area contributed by atoms with E-state index in [9.17, 15) is 14.7 Å². The number of fused-ring (bicyclic) bond motifs is 2. The number of pyridine rings is 3. The molecule has 0 fully saturated rings. The van der Waals surface area contributed by atoms with E-state index in [0.29, 0.717) is 28.2 Å². The Balaban J connectivity index is 1.26. The number of hydrogen-bond acceptors (Lipinski definition) is 7. The van der Waals surface area contributed by atoms with Crippen LogP contribution in [-0.4, -0.2) is 32.7 Å². The highest BCUT2D eigenvalue weighted by molar-refractivity contribution is 6.03. The highest BCUT2D eigenvalue weighted by Gasteiger charge is 2.22. The van der Waals surface area contributed by atoms with Crippen LogP contribution in [0.1, 0.15) is 34.5 Å². The Labute approximate surface area is 229 Å². The molecule has 0 unspecified atom stereocenters. The van der Waals surface area contributed by atoms with Gasteiger partial charge < -0.3 is 19.9 Å². The third-order valence-electron chi connectivity index (χ3n) is 6.97.